The van der Waals surface area contributed by atoms with Gasteiger partial charge in [-0.2, -0.15) is 0 Å². The first-order valence-electron chi connectivity index (χ1n) is 5.96. The molecule has 0 radical (unpaired) electrons. The molecule has 0 heterocycles. The fraction of sp³-hybridized carbons (Fsp3) is 0.538. The van der Waals surface area contributed by atoms with E-state index in [4.69, 9.17) is 17.3 Å². The van der Waals surface area contributed by atoms with E-state index in [-0.39, 0.29) is 5.75 Å². The summed E-state index contributed by atoms with van der Waals surface area (Å²) in [6.07, 6.45) is 6.20. The minimum atomic E-state index is 0.274. The van der Waals surface area contributed by atoms with Gasteiger partial charge in [0.15, 0.2) is 0 Å². The number of hydrogen-bond acceptors (Lipinski definition) is 2. The van der Waals surface area contributed by atoms with Crippen molar-refractivity contribution in [1.82, 2.24) is 0 Å². The number of hydrogen-bond donors (Lipinski definition) is 2. The van der Waals surface area contributed by atoms with Crippen LogP contribution in [0.2, 0.25) is 5.02 Å². The lowest BCUT2D eigenvalue weighted by Gasteiger charge is -2.20. The van der Waals surface area contributed by atoms with E-state index >= 15 is 0 Å². The van der Waals surface area contributed by atoms with Gasteiger partial charge in [-0.15, -0.1) is 0 Å². The number of phenolic OH excluding ortho intramolecular Hbond substituents is 1. The van der Waals surface area contributed by atoms with Crippen molar-refractivity contribution >= 4 is 11.6 Å². The molecule has 0 saturated heterocycles. The van der Waals surface area contributed by atoms with E-state index in [1.807, 2.05) is 0 Å². The smallest absolute Gasteiger partial charge is 0.137 e. The first kappa shape index (κ1) is 11.7. The molecule has 0 bridgehead atoms. The Hall–Kier alpha value is -0.730. The Labute approximate surface area is 101 Å². The molecule has 2 rings (SSSR count). The zero-order valence-corrected chi connectivity index (χ0v) is 10.2. The van der Waals surface area contributed by atoms with Gasteiger partial charge in [-0.05, 0) is 61.8 Å². The Kier molecular flexibility index (Phi) is 3.72. The molecule has 16 heavy (non-hydrogen) atoms. The molecule has 3 heteroatoms. The number of aromatic hydroxyl groups is 1. The standard InChI is InChI=1S/C13H18ClNO/c14-12-11-6-2-1-4-9(11)8-10(13(12)16)5-3-7-15/h8,16H,1-7,15H2. The highest BCUT2D eigenvalue weighted by Crippen LogP contribution is 2.37. The summed E-state index contributed by atoms with van der Waals surface area (Å²) in [5.41, 5.74) is 8.92. The van der Waals surface area contributed by atoms with Crippen LogP contribution in [0.15, 0.2) is 6.07 Å². The lowest BCUT2D eigenvalue weighted by atomic mass is 9.89. The van der Waals surface area contributed by atoms with E-state index in [1.54, 1.807) is 0 Å². The SMILES string of the molecule is NCCCc1cc2c(c(Cl)c1O)CCCC2. The van der Waals surface area contributed by atoms with Crippen LogP contribution < -0.4 is 5.73 Å². The van der Waals surface area contributed by atoms with Crippen LogP contribution in [0.25, 0.3) is 0 Å². The number of aryl methyl sites for hydroxylation is 2. The van der Waals surface area contributed by atoms with Gasteiger partial charge in [0.1, 0.15) is 5.75 Å². The Morgan fingerprint density at radius 1 is 1.31 bits per heavy atom. The lowest BCUT2D eigenvalue weighted by Crippen LogP contribution is -2.06. The van der Waals surface area contributed by atoms with Crippen molar-refractivity contribution in [2.24, 2.45) is 5.73 Å². The molecule has 0 amide bonds. The first-order valence-corrected chi connectivity index (χ1v) is 6.34. The number of halogens is 1. The normalized spacial score (nSPS) is 14.9. The predicted molar refractivity (Wildman–Crippen MR) is 67.1 cm³/mol. The highest BCUT2D eigenvalue weighted by atomic mass is 35.5. The molecule has 1 aliphatic carbocycles. The Morgan fingerprint density at radius 2 is 2.06 bits per heavy atom. The molecule has 0 fully saturated rings. The van der Waals surface area contributed by atoms with Crippen molar-refractivity contribution in [3.05, 3.63) is 27.8 Å². The van der Waals surface area contributed by atoms with Gasteiger partial charge < -0.3 is 10.8 Å². The molecule has 88 valence electrons. The van der Waals surface area contributed by atoms with Crippen LogP contribution in [0.1, 0.15) is 36.0 Å². The molecule has 0 unspecified atom stereocenters. The van der Waals surface area contributed by atoms with Gasteiger partial charge >= 0.3 is 0 Å². The maximum absolute atomic E-state index is 10.0. The second kappa shape index (κ2) is 5.07. The van der Waals surface area contributed by atoms with Crippen molar-refractivity contribution in [3.8, 4) is 5.75 Å². The summed E-state index contributed by atoms with van der Waals surface area (Å²) in [5, 5.41) is 10.6. The third kappa shape index (κ3) is 2.18. The maximum atomic E-state index is 10.0. The third-order valence-corrected chi connectivity index (χ3v) is 3.69. The fourth-order valence-corrected chi connectivity index (χ4v) is 2.72. The molecule has 0 saturated carbocycles. The van der Waals surface area contributed by atoms with E-state index in [0.29, 0.717) is 11.6 Å². The molecule has 2 nitrogen and oxygen atoms in total. The van der Waals surface area contributed by atoms with Crippen LogP contribution in [-0.2, 0) is 19.3 Å². The number of phenols is 1. The highest BCUT2D eigenvalue weighted by molar-refractivity contribution is 6.33. The van der Waals surface area contributed by atoms with Crippen molar-refractivity contribution in [2.75, 3.05) is 6.54 Å². The minimum absolute atomic E-state index is 0.274. The van der Waals surface area contributed by atoms with Gasteiger partial charge in [-0.3, -0.25) is 0 Å². The van der Waals surface area contributed by atoms with Crippen LogP contribution in [0, 0.1) is 0 Å². The summed E-state index contributed by atoms with van der Waals surface area (Å²) in [6.45, 7) is 0.647. The summed E-state index contributed by atoms with van der Waals surface area (Å²) < 4.78 is 0. The summed E-state index contributed by atoms with van der Waals surface area (Å²) >= 11 is 6.21. The summed E-state index contributed by atoms with van der Waals surface area (Å²) in [4.78, 5) is 0. The molecule has 0 aliphatic heterocycles. The quantitative estimate of drug-likeness (QED) is 0.852. The molecule has 0 atom stereocenters. The molecular weight excluding hydrogens is 222 g/mol. The molecule has 3 N–H and O–H groups in total. The van der Waals surface area contributed by atoms with Crippen molar-refractivity contribution in [2.45, 2.75) is 38.5 Å². The molecular formula is C13H18ClNO. The number of rotatable bonds is 3. The minimum Gasteiger partial charge on any atom is -0.506 e. The number of nitrogens with two attached hydrogens (primary N) is 1. The molecule has 1 aliphatic rings. The molecule has 1 aromatic rings. The third-order valence-electron chi connectivity index (χ3n) is 3.29. The highest BCUT2D eigenvalue weighted by Gasteiger charge is 2.18. The van der Waals surface area contributed by atoms with Gasteiger partial charge in [0.25, 0.3) is 0 Å². The van der Waals surface area contributed by atoms with Gasteiger partial charge in [0.05, 0.1) is 5.02 Å². The van der Waals surface area contributed by atoms with Crippen LogP contribution in [-0.4, -0.2) is 11.7 Å². The van der Waals surface area contributed by atoms with E-state index in [9.17, 15) is 5.11 Å². The predicted octanol–water partition coefficient (Wildman–Crippen LogP) is 2.82. The Morgan fingerprint density at radius 3 is 2.81 bits per heavy atom. The second-order valence-corrected chi connectivity index (χ2v) is 4.81. The van der Waals surface area contributed by atoms with Gasteiger partial charge in [-0.1, -0.05) is 17.7 Å². The summed E-state index contributed by atoms with van der Waals surface area (Å²) in [7, 11) is 0. The van der Waals surface area contributed by atoms with Crippen LogP contribution in [0.4, 0.5) is 0 Å². The lowest BCUT2D eigenvalue weighted by molar-refractivity contribution is 0.465. The van der Waals surface area contributed by atoms with E-state index < -0.39 is 0 Å². The molecule has 1 aromatic carbocycles. The number of fused-ring (bicyclic) bond motifs is 1. The van der Waals surface area contributed by atoms with Crippen molar-refractivity contribution in [1.29, 1.82) is 0 Å². The van der Waals surface area contributed by atoms with E-state index in [1.165, 1.54) is 18.4 Å². The second-order valence-electron chi connectivity index (χ2n) is 4.44. The van der Waals surface area contributed by atoms with Crippen LogP contribution in [0.3, 0.4) is 0 Å². The Balaban J connectivity index is 2.36. The monoisotopic (exact) mass is 239 g/mol. The Bertz CT molecular complexity index is 390. The van der Waals surface area contributed by atoms with Crippen LogP contribution >= 0.6 is 11.6 Å². The zero-order chi connectivity index (χ0) is 11.5. The average Bonchev–Trinajstić information content (AvgIpc) is 2.32. The first-order chi connectivity index (χ1) is 7.74. The van der Waals surface area contributed by atoms with Gasteiger partial charge in [0, 0.05) is 0 Å². The molecule has 0 aromatic heterocycles. The number of benzene rings is 1. The topological polar surface area (TPSA) is 46.2 Å². The van der Waals surface area contributed by atoms with Crippen molar-refractivity contribution in [3.63, 3.8) is 0 Å². The van der Waals surface area contributed by atoms with E-state index in [0.717, 1.165) is 36.8 Å². The largest absolute Gasteiger partial charge is 0.506 e. The average molecular weight is 240 g/mol. The van der Waals surface area contributed by atoms with Gasteiger partial charge in [-0.25, -0.2) is 0 Å². The maximum Gasteiger partial charge on any atom is 0.137 e. The zero-order valence-electron chi connectivity index (χ0n) is 9.43. The summed E-state index contributed by atoms with van der Waals surface area (Å²) in [5.74, 6) is 0.274. The van der Waals surface area contributed by atoms with E-state index in [2.05, 4.69) is 6.07 Å². The fourth-order valence-electron chi connectivity index (χ4n) is 2.38. The van der Waals surface area contributed by atoms with Crippen LogP contribution in [0.5, 0.6) is 5.75 Å². The van der Waals surface area contributed by atoms with Crippen molar-refractivity contribution < 1.29 is 5.11 Å². The summed E-state index contributed by atoms with van der Waals surface area (Å²) in [6, 6.07) is 2.12. The molecule has 0 spiro atoms. The van der Waals surface area contributed by atoms with Gasteiger partial charge in [0.2, 0.25) is 0 Å².